The summed E-state index contributed by atoms with van der Waals surface area (Å²) in [5.41, 5.74) is 8.81. The highest BCUT2D eigenvalue weighted by Gasteiger charge is 2.46. The standard InChI is InChI=1S/C18H21FN2/c19-13-1-2-16-15(11-13)14(6-10-21-16)12-3-7-18(8-4-12)9-5-17(18)20/h1-2,6,10-12,17H,3-5,7-9,20H2/t12-,17-,18+/m0/s1. The molecule has 1 atom stereocenters. The van der Waals surface area contributed by atoms with E-state index < -0.39 is 0 Å². The SMILES string of the molecule is N[C@H]1CC[C@]12CC[C@H](c1ccnc3ccc(F)cc31)CC2. The largest absolute Gasteiger partial charge is 0.327 e. The highest BCUT2D eigenvalue weighted by Crippen LogP contribution is 2.54. The number of nitrogens with two attached hydrogens (primary N) is 1. The van der Waals surface area contributed by atoms with Crippen LogP contribution in [0.25, 0.3) is 10.9 Å². The molecule has 2 aliphatic rings. The summed E-state index contributed by atoms with van der Waals surface area (Å²) >= 11 is 0. The van der Waals surface area contributed by atoms with Gasteiger partial charge in [0.2, 0.25) is 0 Å². The Hall–Kier alpha value is -1.48. The van der Waals surface area contributed by atoms with Gasteiger partial charge in [-0.1, -0.05) is 0 Å². The van der Waals surface area contributed by atoms with Crippen LogP contribution in [-0.2, 0) is 0 Å². The molecule has 0 saturated heterocycles. The molecule has 110 valence electrons. The molecule has 2 aliphatic carbocycles. The van der Waals surface area contributed by atoms with Gasteiger partial charge in [-0.3, -0.25) is 4.98 Å². The zero-order valence-corrected chi connectivity index (χ0v) is 12.2. The van der Waals surface area contributed by atoms with Gasteiger partial charge in [-0.2, -0.15) is 0 Å². The Labute approximate surface area is 124 Å². The molecule has 0 radical (unpaired) electrons. The van der Waals surface area contributed by atoms with Crippen molar-refractivity contribution in [2.75, 3.05) is 0 Å². The summed E-state index contributed by atoms with van der Waals surface area (Å²) in [4.78, 5) is 4.36. The van der Waals surface area contributed by atoms with Crippen LogP contribution in [0.4, 0.5) is 4.39 Å². The van der Waals surface area contributed by atoms with E-state index in [1.54, 1.807) is 12.1 Å². The van der Waals surface area contributed by atoms with Crippen LogP contribution in [0.3, 0.4) is 0 Å². The maximum absolute atomic E-state index is 13.6. The van der Waals surface area contributed by atoms with Gasteiger partial charge in [-0.05, 0) is 79.7 Å². The first-order valence-corrected chi connectivity index (χ1v) is 7.98. The monoisotopic (exact) mass is 284 g/mol. The molecule has 2 aromatic rings. The lowest BCUT2D eigenvalue weighted by molar-refractivity contribution is 0.0391. The van der Waals surface area contributed by atoms with E-state index in [1.165, 1.54) is 50.2 Å². The molecule has 0 bridgehead atoms. The van der Waals surface area contributed by atoms with E-state index in [4.69, 9.17) is 5.73 Å². The van der Waals surface area contributed by atoms with Crippen molar-refractivity contribution in [3.8, 4) is 0 Å². The van der Waals surface area contributed by atoms with Gasteiger partial charge in [0.05, 0.1) is 5.52 Å². The molecule has 1 aromatic carbocycles. The van der Waals surface area contributed by atoms with Crippen molar-refractivity contribution in [3.05, 3.63) is 41.8 Å². The van der Waals surface area contributed by atoms with E-state index in [2.05, 4.69) is 11.1 Å². The van der Waals surface area contributed by atoms with Crippen LogP contribution in [0.2, 0.25) is 0 Å². The fourth-order valence-electron chi connectivity index (χ4n) is 4.34. The summed E-state index contributed by atoms with van der Waals surface area (Å²) in [6.07, 6.45) is 9.12. The fraction of sp³-hybridized carbons (Fsp3) is 0.500. The number of halogens is 1. The van der Waals surface area contributed by atoms with Crippen molar-refractivity contribution in [2.24, 2.45) is 11.1 Å². The molecule has 1 aromatic heterocycles. The van der Waals surface area contributed by atoms with Crippen LogP contribution < -0.4 is 5.73 Å². The van der Waals surface area contributed by atoms with Gasteiger partial charge in [-0.25, -0.2) is 4.39 Å². The Morgan fingerprint density at radius 2 is 1.86 bits per heavy atom. The fourth-order valence-corrected chi connectivity index (χ4v) is 4.34. The van der Waals surface area contributed by atoms with E-state index in [9.17, 15) is 4.39 Å². The van der Waals surface area contributed by atoms with Crippen LogP contribution in [0, 0.1) is 11.2 Å². The molecular formula is C18H21FN2. The highest BCUT2D eigenvalue weighted by molar-refractivity contribution is 5.82. The van der Waals surface area contributed by atoms with E-state index in [0.717, 1.165) is 10.9 Å². The molecule has 2 nitrogen and oxygen atoms in total. The molecule has 2 fully saturated rings. The summed E-state index contributed by atoms with van der Waals surface area (Å²) < 4.78 is 13.6. The summed E-state index contributed by atoms with van der Waals surface area (Å²) in [6.45, 7) is 0. The number of nitrogens with zero attached hydrogens (tertiary/aromatic N) is 1. The first kappa shape index (κ1) is 13.2. The molecule has 2 N–H and O–H groups in total. The number of fused-ring (bicyclic) bond motifs is 1. The Bertz CT molecular complexity index is 674. The summed E-state index contributed by atoms with van der Waals surface area (Å²) in [5, 5.41) is 0.983. The Morgan fingerprint density at radius 1 is 1.10 bits per heavy atom. The quantitative estimate of drug-likeness (QED) is 0.854. The number of aromatic nitrogens is 1. The van der Waals surface area contributed by atoms with Crippen molar-refractivity contribution in [1.82, 2.24) is 4.98 Å². The van der Waals surface area contributed by atoms with Gasteiger partial charge in [0.15, 0.2) is 0 Å². The minimum atomic E-state index is -0.176. The molecule has 0 amide bonds. The number of hydrogen-bond donors (Lipinski definition) is 1. The molecule has 21 heavy (non-hydrogen) atoms. The molecular weight excluding hydrogens is 263 g/mol. The maximum Gasteiger partial charge on any atom is 0.123 e. The summed E-state index contributed by atoms with van der Waals surface area (Å²) in [5.74, 6) is 0.348. The lowest BCUT2D eigenvalue weighted by Gasteiger charge is -2.52. The molecule has 0 aliphatic heterocycles. The van der Waals surface area contributed by atoms with Crippen LogP contribution in [0.15, 0.2) is 30.5 Å². The van der Waals surface area contributed by atoms with E-state index in [-0.39, 0.29) is 5.82 Å². The normalized spacial score (nSPS) is 32.3. The molecule has 1 heterocycles. The predicted molar refractivity (Wildman–Crippen MR) is 82.6 cm³/mol. The Balaban J connectivity index is 1.64. The van der Waals surface area contributed by atoms with Crippen LogP contribution in [0.5, 0.6) is 0 Å². The van der Waals surface area contributed by atoms with Gasteiger partial charge in [0, 0.05) is 17.6 Å². The zero-order chi connectivity index (χ0) is 14.4. The topological polar surface area (TPSA) is 38.9 Å². The van der Waals surface area contributed by atoms with E-state index in [1.807, 2.05) is 6.20 Å². The lowest BCUT2D eigenvalue weighted by Crippen LogP contribution is -2.52. The van der Waals surface area contributed by atoms with Crippen LogP contribution in [-0.4, -0.2) is 11.0 Å². The molecule has 1 spiro atoms. The van der Waals surface area contributed by atoms with Crippen molar-refractivity contribution in [1.29, 1.82) is 0 Å². The molecule has 0 unspecified atom stereocenters. The number of rotatable bonds is 1. The first-order valence-electron chi connectivity index (χ1n) is 7.98. The smallest absolute Gasteiger partial charge is 0.123 e. The van der Waals surface area contributed by atoms with Gasteiger partial charge in [0.1, 0.15) is 5.82 Å². The van der Waals surface area contributed by atoms with Crippen molar-refractivity contribution in [2.45, 2.75) is 50.5 Å². The average molecular weight is 284 g/mol. The third-order valence-corrected chi connectivity index (χ3v) is 5.90. The molecule has 4 rings (SSSR count). The molecule has 2 saturated carbocycles. The van der Waals surface area contributed by atoms with Gasteiger partial charge >= 0.3 is 0 Å². The minimum Gasteiger partial charge on any atom is -0.327 e. The lowest BCUT2D eigenvalue weighted by atomic mass is 9.55. The van der Waals surface area contributed by atoms with Crippen molar-refractivity contribution in [3.63, 3.8) is 0 Å². The second-order valence-electron chi connectivity index (χ2n) is 6.84. The average Bonchev–Trinajstić information content (AvgIpc) is 2.53. The molecule has 3 heteroatoms. The predicted octanol–water partition coefficient (Wildman–Crippen LogP) is 4.14. The summed E-state index contributed by atoms with van der Waals surface area (Å²) in [7, 11) is 0. The third kappa shape index (κ3) is 2.06. The maximum atomic E-state index is 13.6. The van der Waals surface area contributed by atoms with Crippen molar-refractivity contribution < 1.29 is 4.39 Å². The number of hydrogen-bond acceptors (Lipinski definition) is 2. The highest BCUT2D eigenvalue weighted by atomic mass is 19.1. The van der Waals surface area contributed by atoms with Crippen LogP contribution >= 0.6 is 0 Å². The van der Waals surface area contributed by atoms with E-state index in [0.29, 0.717) is 17.4 Å². The second kappa shape index (κ2) is 4.77. The Morgan fingerprint density at radius 3 is 2.52 bits per heavy atom. The number of pyridine rings is 1. The second-order valence-corrected chi connectivity index (χ2v) is 6.84. The van der Waals surface area contributed by atoms with Gasteiger partial charge < -0.3 is 5.73 Å². The minimum absolute atomic E-state index is 0.176. The third-order valence-electron chi connectivity index (χ3n) is 5.90. The number of benzene rings is 1. The first-order chi connectivity index (χ1) is 10.2. The van der Waals surface area contributed by atoms with Crippen molar-refractivity contribution >= 4 is 10.9 Å². The van der Waals surface area contributed by atoms with E-state index >= 15 is 0 Å². The summed E-state index contributed by atoms with van der Waals surface area (Å²) in [6, 6.07) is 7.38. The zero-order valence-electron chi connectivity index (χ0n) is 12.2. The van der Waals surface area contributed by atoms with Gasteiger partial charge in [-0.15, -0.1) is 0 Å². The van der Waals surface area contributed by atoms with Gasteiger partial charge in [0.25, 0.3) is 0 Å². The Kier molecular flexibility index (Phi) is 3.00. The van der Waals surface area contributed by atoms with Crippen LogP contribution in [0.1, 0.15) is 50.0 Å².